The lowest BCUT2D eigenvalue weighted by molar-refractivity contribution is -0.115. The van der Waals surface area contributed by atoms with E-state index in [1.165, 1.54) is 13.0 Å². The van der Waals surface area contributed by atoms with Crippen molar-refractivity contribution in [2.24, 2.45) is 0 Å². The minimum atomic E-state index is -1.20. The SMILES string of the molecule is Cc1nsc(NC(=O)Cc2ccc(F)cc2F)c1C(=O)O. The lowest BCUT2D eigenvalue weighted by Gasteiger charge is -2.05. The number of nitrogens with zero attached hydrogens (tertiary/aromatic N) is 1. The van der Waals surface area contributed by atoms with Crippen LogP contribution in [0.3, 0.4) is 0 Å². The predicted molar refractivity (Wildman–Crippen MR) is 72.5 cm³/mol. The highest BCUT2D eigenvalue weighted by molar-refractivity contribution is 7.11. The quantitative estimate of drug-likeness (QED) is 0.909. The molecule has 0 aliphatic rings. The molecule has 1 amide bonds. The van der Waals surface area contributed by atoms with Gasteiger partial charge in [-0.2, -0.15) is 4.37 Å². The van der Waals surface area contributed by atoms with E-state index < -0.39 is 23.5 Å². The summed E-state index contributed by atoms with van der Waals surface area (Å²) in [6, 6.07) is 2.90. The van der Waals surface area contributed by atoms with Gasteiger partial charge in [-0.1, -0.05) is 6.07 Å². The maximum Gasteiger partial charge on any atom is 0.340 e. The van der Waals surface area contributed by atoms with Crippen LogP contribution in [0.1, 0.15) is 21.6 Å². The van der Waals surface area contributed by atoms with Crippen LogP contribution >= 0.6 is 11.5 Å². The molecule has 8 heteroatoms. The minimum Gasteiger partial charge on any atom is -0.478 e. The Balaban J connectivity index is 2.14. The molecule has 1 aromatic carbocycles. The van der Waals surface area contributed by atoms with Gasteiger partial charge in [-0.3, -0.25) is 4.79 Å². The molecule has 1 heterocycles. The molecule has 0 saturated heterocycles. The number of aryl methyl sites for hydroxylation is 1. The molecule has 0 bridgehead atoms. The van der Waals surface area contributed by atoms with Crippen molar-refractivity contribution in [3.63, 3.8) is 0 Å². The van der Waals surface area contributed by atoms with Crippen molar-refractivity contribution < 1.29 is 23.5 Å². The molecular formula is C13H10F2N2O3S. The molecule has 21 heavy (non-hydrogen) atoms. The van der Waals surface area contributed by atoms with Gasteiger partial charge in [-0.15, -0.1) is 0 Å². The standard InChI is InChI=1S/C13H10F2N2O3S/c1-6-11(13(19)20)12(21-17-6)16-10(18)4-7-2-3-8(14)5-9(7)15/h2-3,5H,4H2,1H3,(H,16,18)(H,19,20). The van der Waals surface area contributed by atoms with Crippen molar-refractivity contribution in [3.05, 3.63) is 46.7 Å². The number of aromatic carboxylic acids is 1. The summed E-state index contributed by atoms with van der Waals surface area (Å²) in [6.07, 6.45) is -0.331. The molecule has 5 nitrogen and oxygen atoms in total. The van der Waals surface area contributed by atoms with Crippen molar-refractivity contribution in [2.45, 2.75) is 13.3 Å². The van der Waals surface area contributed by atoms with E-state index in [-0.39, 0.29) is 28.2 Å². The molecule has 0 unspecified atom stereocenters. The number of aromatic nitrogens is 1. The molecule has 0 atom stereocenters. The number of carbonyl (C=O) groups is 2. The minimum absolute atomic E-state index is 0.0204. The Morgan fingerprint density at radius 1 is 1.38 bits per heavy atom. The van der Waals surface area contributed by atoms with E-state index in [0.29, 0.717) is 6.07 Å². The second-order valence-electron chi connectivity index (χ2n) is 4.24. The number of hydrogen-bond donors (Lipinski definition) is 2. The first kappa shape index (κ1) is 15.0. The first-order chi connectivity index (χ1) is 9.88. The first-order valence-electron chi connectivity index (χ1n) is 5.82. The lowest BCUT2D eigenvalue weighted by atomic mass is 10.1. The van der Waals surface area contributed by atoms with Crippen molar-refractivity contribution >= 4 is 28.4 Å². The molecule has 110 valence electrons. The average molecular weight is 312 g/mol. The molecule has 0 radical (unpaired) electrons. The molecule has 0 fully saturated rings. The smallest absolute Gasteiger partial charge is 0.340 e. The highest BCUT2D eigenvalue weighted by Gasteiger charge is 2.19. The van der Waals surface area contributed by atoms with Crippen molar-refractivity contribution in [1.82, 2.24) is 4.37 Å². The Kier molecular flexibility index (Phi) is 4.27. The van der Waals surface area contributed by atoms with Gasteiger partial charge >= 0.3 is 5.97 Å². The third-order valence-electron chi connectivity index (χ3n) is 2.70. The van der Waals surface area contributed by atoms with Crippen LogP contribution in [0.25, 0.3) is 0 Å². The summed E-state index contributed by atoms with van der Waals surface area (Å²) >= 11 is 0.834. The second-order valence-corrected chi connectivity index (χ2v) is 5.01. The zero-order valence-electron chi connectivity index (χ0n) is 10.8. The molecule has 0 aliphatic carbocycles. The average Bonchev–Trinajstić information content (AvgIpc) is 2.74. The monoisotopic (exact) mass is 312 g/mol. The number of anilines is 1. The molecule has 2 rings (SSSR count). The summed E-state index contributed by atoms with van der Waals surface area (Å²) in [7, 11) is 0. The van der Waals surface area contributed by atoms with Gasteiger partial charge < -0.3 is 10.4 Å². The van der Waals surface area contributed by atoms with Crippen LogP contribution in [0.15, 0.2) is 18.2 Å². The van der Waals surface area contributed by atoms with Gasteiger partial charge in [0, 0.05) is 6.07 Å². The Morgan fingerprint density at radius 2 is 2.10 bits per heavy atom. The van der Waals surface area contributed by atoms with Crippen LogP contribution in [-0.4, -0.2) is 21.4 Å². The predicted octanol–water partition coefficient (Wildman–Crippen LogP) is 2.61. The Bertz CT molecular complexity index is 715. The van der Waals surface area contributed by atoms with Gasteiger partial charge in [0.05, 0.1) is 12.1 Å². The normalized spacial score (nSPS) is 10.4. The van der Waals surface area contributed by atoms with Crippen LogP contribution < -0.4 is 5.32 Å². The maximum absolute atomic E-state index is 13.4. The van der Waals surface area contributed by atoms with Gasteiger partial charge in [0.2, 0.25) is 5.91 Å². The van der Waals surface area contributed by atoms with E-state index >= 15 is 0 Å². The zero-order chi connectivity index (χ0) is 15.6. The highest BCUT2D eigenvalue weighted by Crippen LogP contribution is 2.24. The van der Waals surface area contributed by atoms with E-state index in [1.54, 1.807) is 0 Å². The van der Waals surface area contributed by atoms with Gasteiger partial charge in [0.25, 0.3) is 0 Å². The van der Waals surface area contributed by atoms with Crippen LogP contribution in [0.4, 0.5) is 13.8 Å². The van der Waals surface area contributed by atoms with E-state index in [0.717, 1.165) is 17.6 Å². The van der Waals surface area contributed by atoms with E-state index in [2.05, 4.69) is 9.69 Å². The Hall–Kier alpha value is -2.35. The number of halogens is 2. The van der Waals surface area contributed by atoms with E-state index in [1.807, 2.05) is 0 Å². The zero-order valence-corrected chi connectivity index (χ0v) is 11.6. The molecule has 0 spiro atoms. The summed E-state index contributed by atoms with van der Waals surface area (Å²) < 4.78 is 30.1. The number of amides is 1. The number of nitrogens with one attached hydrogen (secondary N) is 1. The van der Waals surface area contributed by atoms with E-state index in [4.69, 9.17) is 5.11 Å². The number of carboxylic acids is 1. The van der Waals surface area contributed by atoms with Gasteiger partial charge in [-0.25, -0.2) is 13.6 Å². The maximum atomic E-state index is 13.4. The topological polar surface area (TPSA) is 79.3 Å². The number of hydrogen-bond acceptors (Lipinski definition) is 4. The molecule has 2 aromatic rings. The van der Waals surface area contributed by atoms with E-state index in [9.17, 15) is 18.4 Å². The van der Waals surface area contributed by atoms with Crippen molar-refractivity contribution in [3.8, 4) is 0 Å². The Morgan fingerprint density at radius 3 is 2.71 bits per heavy atom. The first-order valence-corrected chi connectivity index (χ1v) is 6.59. The molecular weight excluding hydrogens is 302 g/mol. The highest BCUT2D eigenvalue weighted by atomic mass is 32.1. The van der Waals surface area contributed by atoms with Crippen molar-refractivity contribution in [1.29, 1.82) is 0 Å². The lowest BCUT2D eigenvalue weighted by Crippen LogP contribution is -2.16. The van der Waals surface area contributed by atoms with Crippen molar-refractivity contribution in [2.75, 3.05) is 5.32 Å². The molecule has 0 saturated carbocycles. The summed E-state index contributed by atoms with van der Waals surface area (Å²) in [4.78, 5) is 22.9. The number of carbonyl (C=O) groups excluding carboxylic acids is 1. The number of carboxylic acid groups (broad SMARTS) is 1. The fourth-order valence-corrected chi connectivity index (χ4v) is 2.52. The fraction of sp³-hybridized carbons (Fsp3) is 0.154. The van der Waals surface area contributed by atoms with Crippen LogP contribution in [-0.2, 0) is 11.2 Å². The van der Waals surface area contributed by atoms with Crippen LogP contribution in [0.5, 0.6) is 0 Å². The third-order valence-corrected chi connectivity index (χ3v) is 3.55. The second kappa shape index (κ2) is 5.96. The summed E-state index contributed by atoms with van der Waals surface area (Å²) in [5.74, 6) is -3.37. The summed E-state index contributed by atoms with van der Waals surface area (Å²) in [5, 5.41) is 11.5. The molecule has 2 N–H and O–H groups in total. The molecule has 1 aromatic heterocycles. The van der Waals surface area contributed by atoms with Crippen LogP contribution in [0.2, 0.25) is 0 Å². The van der Waals surface area contributed by atoms with Gasteiger partial charge in [0.1, 0.15) is 22.2 Å². The molecule has 0 aliphatic heterocycles. The largest absolute Gasteiger partial charge is 0.478 e. The fourth-order valence-electron chi connectivity index (χ4n) is 1.72. The number of rotatable bonds is 4. The van der Waals surface area contributed by atoms with Gasteiger partial charge in [-0.05, 0) is 30.1 Å². The van der Waals surface area contributed by atoms with Crippen LogP contribution in [0, 0.1) is 18.6 Å². The number of benzene rings is 1. The Labute approximate surface area is 122 Å². The summed E-state index contributed by atoms with van der Waals surface area (Å²) in [5.41, 5.74) is 0.218. The third kappa shape index (κ3) is 3.40. The van der Waals surface area contributed by atoms with Gasteiger partial charge in [0.15, 0.2) is 0 Å². The summed E-state index contributed by atoms with van der Waals surface area (Å²) in [6.45, 7) is 1.51.